The van der Waals surface area contributed by atoms with Crippen LogP contribution in [-0.4, -0.2) is 25.3 Å². The number of rotatable bonds is 5. The maximum absolute atomic E-state index is 12.6. The maximum Gasteiger partial charge on any atom is 0.332 e. The molecule has 0 saturated heterocycles. The van der Waals surface area contributed by atoms with E-state index in [1.165, 1.54) is 15.5 Å². The second-order valence-corrected chi connectivity index (χ2v) is 6.45. The number of aryl methyl sites for hydroxylation is 2. The number of benzene rings is 1. The molecule has 0 N–H and O–H groups in total. The van der Waals surface area contributed by atoms with Gasteiger partial charge >= 0.3 is 5.69 Å². The van der Waals surface area contributed by atoms with E-state index in [9.17, 15) is 9.59 Å². The van der Waals surface area contributed by atoms with Gasteiger partial charge in [0.2, 0.25) is 0 Å². The van der Waals surface area contributed by atoms with Crippen LogP contribution in [0.25, 0.3) is 11.2 Å². The fourth-order valence-corrected chi connectivity index (χ4v) is 3.05. The minimum absolute atomic E-state index is 0.234. The summed E-state index contributed by atoms with van der Waals surface area (Å²) in [7, 11) is 3.31. The molecule has 2 aromatic heterocycles. The van der Waals surface area contributed by atoms with Gasteiger partial charge in [0.25, 0.3) is 5.56 Å². The second kappa shape index (κ2) is 6.93. The molecular weight excluding hydrogens is 367 g/mol. The first-order valence-electron chi connectivity index (χ1n) is 7.59. The molecule has 7 nitrogen and oxygen atoms in total. The molecule has 0 bridgehead atoms. The number of fused-ring (bicyclic) bond motifs is 1. The van der Waals surface area contributed by atoms with E-state index < -0.39 is 5.69 Å². The highest BCUT2D eigenvalue weighted by molar-refractivity contribution is 6.35. The molecule has 2 heterocycles. The quantitative estimate of drug-likeness (QED) is 0.634. The van der Waals surface area contributed by atoms with E-state index in [1.54, 1.807) is 36.9 Å². The van der Waals surface area contributed by atoms with Gasteiger partial charge in [-0.2, -0.15) is 0 Å². The van der Waals surface area contributed by atoms with Crippen molar-refractivity contribution in [3.05, 3.63) is 55.4 Å². The Labute approximate surface area is 153 Å². The van der Waals surface area contributed by atoms with E-state index in [-0.39, 0.29) is 12.1 Å². The molecule has 3 aromatic rings. The lowest BCUT2D eigenvalue weighted by Crippen LogP contribution is -2.39. The van der Waals surface area contributed by atoms with Gasteiger partial charge in [0.05, 0.1) is 18.0 Å². The number of imidazole rings is 1. The lowest BCUT2D eigenvalue weighted by atomic mass is 10.3. The summed E-state index contributed by atoms with van der Waals surface area (Å²) in [5.74, 6) is 0.508. The van der Waals surface area contributed by atoms with Gasteiger partial charge in [-0.3, -0.25) is 13.9 Å². The standard InChI is InChI=1S/C16H16Cl2N4O3/c1-20-9-19-14-13(20)15(23)22(16(24)21(14)2)6-3-7-25-12-5-4-10(17)8-11(12)18/h4-5,8-9H,3,6-7H2,1-2H3. The van der Waals surface area contributed by atoms with Crippen LogP contribution in [0.4, 0.5) is 0 Å². The van der Waals surface area contributed by atoms with Crippen molar-refractivity contribution in [3.8, 4) is 5.75 Å². The fraction of sp³-hybridized carbons (Fsp3) is 0.312. The molecule has 0 unspecified atom stereocenters. The number of hydrogen-bond acceptors (Lipinski definition) is 4. The first-order chi connectivity index (χ1) is 11.9. The number of nitrogens with zero attached hydrogens (tertiary/aromatic N) is 4. The van der Waals surface area contributed by atoms with Crippen molar-refractivity contribution >= 4 is 34.4 Å². The molecule has 3 rings (SSSR count). The summed E-state index contributed by atoms with van der Waals surface area (Å²) < 4.78 is 9.76. The summed E-state index contributed by atoms with van der Waals surface area (Å²) in [6, 6.07) is 4.95. The third-order valence-corrected chi connectivity index (χ3v) is 4.41. The van der Waals surface area contributed by atoms with Crippen molar-refractivity contribution in [1.29, 1.82) is 0 Å². The fourth-order valence-electron chi connectivity index (χ4n) is 2.59. The van der Waals surface area contributed by atoms with E-state index in [2.05, 4.69) is 4.98 Å². The maximum atomic E-state index is 12.6. The van der Waals surface area contributed by atoms with Crippen molar-refractivity contribution in [3.63, 3.8) is 0 Å². The van der Waals surface area contributed by atoms with Crippen LogP contribution in [0.15, 0.2) is 34.1 Å². The average Bonchev–Trinajstić information content (AvgIpc) is 2.96. The zero-order valence-corrected chi connectivity index (χ0v) is 15.2. The summed E-state index contributed by atoms with van der Waals surface area (Å²) in [4.78, 5) is 29.0. The van der Waals surface area contributed by atoms with Gasteiger partial charge in [-0.15, -0.1) is 0 Å². The van der Waals surface area contributed by atoms with Gasteiger partial charge in [0.1, 0.15) is 5.75 Å². The number of halogens is 2. The van der Waals surface area contributed by atoms with Crippen LogP contribution in [0.3, 0.4) is 0 Å². The Morgan fingerprint density at radius 3 is 2.68 bits per heavy atom. The predicted octanol–water partition coefficient (Wildman–Crippen LogP) is 2.21. The van der Waals surface area contributed by atoms with Gasteiger partial charge in [-0.1, -0.05) is 23.2 Å². The normalized spacial score (nSPS) is 11.2. The van der Waals surface area contributed by atoms with Gasteiger partial charge in [0, 0.05) is 25.7 Å². The number of aromatic nitrogens is 4. The Morgan fingerprint density at radius 1 is 1.20 bits per heavy atom. The van der Waals surface area contributed by atoms with E-state index >= 15 is 0 Å². The molecule has 0 aliphatic heterocycles. The van der Waals surface area contributed by atoms with E-state index in [0.717, 1.165) is 0 Å². The highest BCUT2D eigenvalue weighted by Gasteiger charge is 2.14. The van der Waals surface area contributed by atoms with Crippen molar-refractivity contribution in [2.45, 2.75) is 13.0 Å². The smallest absolute Gasteiger partial charge is 0.332 e. The van der Waals surface area contributed by atoms with Gasteiger partial charge < -0.3 is 9.30 Å². The molecule has 0 aliphatic rings. The van der Waals surface area contributed by atoms with Gasteiger partial charge in [0.15, 0.2) is 11.2 Å². The molecule has 25 heavy (non-hydrogen) atoms. The van der Waals surface area contributed by atoms with Crippen molar-refractivity contribution in [2.24, 2.45) is 14.1 Å². The zero-order chi connectivity index (χ0) is 18.1. The first kappa shape index (κ1) is 17.6. The summed E-state index contributed by atoms with van der Waals surface area (Å²) >= 11 is 11.9. The van der Waals surface area contributed by atoms with Crippen LogP contribution in [0.1, 0.15) is 6.42 Å². The minimum atomic E-state index is -0.402. The van der Waals surface area contributed by atoms with E-state index in [1.807, 2.05) is 0 Å². The number of ether oxygens (including phenoxy) is 1. The minimum Gasteiger partial charge on any atom is -0.492 e. The highest BCUT2D eigenvalue weighted by atomic mass is 35.5. The van der Waals surface area contributed by atoms with E-state index in [4.69, 9.17) is 27.9 Å². The monoisotopic (exact) mass is 382 g/mol. The molecule has 0 fully saturated rings. The van der Waals surface area contributed by atoms with Crippen LogP contribution >= 0.6 is 23.2 Å². The molecule has 9 heteroatoms. The molecule has 0 saturated carbocycles. The van der Waals surface area contributed by atoms with Crippen molar-refractivity contribution in [1.82, 2.24) is 18.7 Å². The molecule has 0 aliphatic carbocycles. The topological polar surface area (TPSA) is 71.1 Å². The third kappa shape index (κ3) is 3.29. The molecule has 0 spiro atoms. The molecular formula is C16H16Cl2N4O3. The summed E-state index contributed by atoms with van der Waals surface area (Å²) in [6.07, 6.45) is 1.99. The Bertz CT molecular complexity index is 1050. The van der Waals surface area contributed by atoms with Crippen LogP contribution in [0.2, 0.25) is 10.0 Å². The molecule has 0 radical (unpaired) electrons. The zero-order valence-electron chi connectivity index (χ0n) is 13.7. The van der Waals surface area contributed by atoms with Gasteiger partial charge in [-0.25, -0.2) is 9.78 Å². The molecule has 132 valence electrons. The van der Waals surface area contributed by atoms with E-state index in [0.29, 0.717) is 40.0 Å². The van der Waals surface area contributed by atoms with Crippen molar-refractivity contribution < 1.29 is 4.74 Å². The third-order valence-electron chi connectivity index (χ3n) is 3.88. The average molecular weight is 383 g/mol. The summed E-state index contributed by atoms with van der Waals surface area (Å²) in [6.45, 7) is 0.540. The first-order valence-corrected chi connectivity index (χ1v) is 8.34. The molecule has 0 amide bonds. The van der Waals surface area contributed by atoms with Crippen LogP contribution in [0, 0.1) is 0 Å². The Balaban J connectivity index is 1.76. The highest BCUT2D eigenvalue weighted by Crippen LogP contribution is 2.27. The second-order valence-electron chi connectivity index (χ2n) is 5.60. The molecule has 1 aromatic carbocycles. The SMILES string of the molecule is Cn1cnc2c1c(=O)n(CCCOc1ccc(Cl)cc1Cl)c(=O)n2C. The molecule has 0 atom stereocenters. The predicted molar refractivity (Wildman–Crippen MR) is 96.8 cm³/mol. The van der Waals surface area contributed by atoms with Crippen LogP contribution in [-0.2, 0) is 20.6 Å². The Kier molecular flexibility index (Phi) is 4.87. The van der Waals surface area contributed by atoms with Crippen LogP contribution < -0.4 is 16.0 Å². The van der Waals surface area contributed by atoms with Crippen LogP contribution in [0.5, 0.6) is 5.75 Å². The van der Waals surface area contributed by atoms with Crippen molar-refractivity contribution in [2.75, 3.05) is 6.61 Å². The summed E-state index contributed by atoms with van der Waals surface area (Å²) in [5, 5.41) is 0.939. The van der Waals surface area contributed by atoms with Gasteiger partial charge in [-0.05, 0) is 24.6 Å². The lowest BCUT2D eigenvalue weighted by Gasteiger charge is -2.10. The summed E-state index contributed by atoms with van der Waals surface area (Å²) in [5.41, 5.74) is 0.00469. The lowest BCUT2D eigenvalue weighted by molar-refractivity contribution is 0.299. The largest absolute Gasteiger partial charge is 0.492 e. The Morgan fingerprint density at radius 2 is 1.96 bits per heavy atom. The number of hydrogen-bond donors (Lipinski definition) is 0. The Hall–Kier alpha value is -2.25.